The second kappa shape index (κ2) is 3.23. The van der Waals surface area contributed by atoms with Gasteiger partial charge in [0.05, 0.1) is 6.20 Å². The normalized spacial score (nSPS) is 11.1. The maximum absolute atomic E-state index is 5.57. The third-order valence-corrected chi connectivity index (χ3v) is 2.78. The van der Waals surface area contributed by atoms with Gasteiger partial charge in [-0.3, -0.25) is 0 Å². The van der Waals surface area contributed by atoms with Crippen LogP contribution in [0.5, 0.6) is 0 Å². The molecule has 0 unspecified atom stereocenters. The Morgan fingerprint density at radius 2 is 2.06 bits per heavy atom. The van der Waals surface area contributed by atoms with Crippen LogP contribution in [0.15, 0.2) is 41.1 Å². The predicted molar refractivity (Wildman–Crippen MR) is 63.2 cm³/mol. The van der Waals surface area contributed by atoms with Crippen molar-refractivity contribution in [3.05, 3.63) is 42.5 Å². The highest BCUT2D eigenvalue weighted by molar-refractivity contribution is 5.94. The van der Waals surface area contributed by atoms with Gasteiger partial charge in [0.25, 0.3) is 0 Å². The first-order valence-electron chi connectivity index (χ1n) is 5.22. The quantitative estimate of drug-likeness (QED) is 0.620. The van der Waals surface area contributed by atoms with Crippen LogP contribution in [0.25, 0.3) is 22.2 Å². The molecule has 80 valence electrons. The molecule has 0 aliphatic rings. The maximum atomic E-state index is 5.57. The molecule has 0 atom stereocenters. The van der Waals surface area contributed by atoms with E-state index < -0.39 is 0 Å². The third-order valence-electron chi connectivity index (χ3n) is 2.78. The third kappa shape index (κ3) is 1.25. The lowest BCUT2D eigenvalue weighted by atomic mass is 10.1. The highest BCUT2D eigenvalue weighted by Crippen LogP contribution is 2.30. The maximum Gasteiger partial charge on any atom is 0.191 e. The summed E-state index contributed by atoms with van der Waals surface area (Å²) in [5, 5.41) is 1.20. The zero-order valence-corrected chi connectivity index (χ0v) is 9.27. The summed E-state index contributed by atoms with van der Waals surface area (Å²) in [5.74, 6) is 1.53. The Kier molecular flexibility index (Phi) is 1.86. The molecule has 0 amide bonds. The van der Waals surface area contributed by atoms with Crippen molar-refractivity contribution in [3.63, 3.8) is 0 Å². The first-order valence-corrected chi connectivity index (χ1v) is 5.22. The van der Waals surface area contributed by atoms with Crippen LogP contribution in [0, 0.1) is 6.92 Å². The van der Waals surface area contributed by atoms with Gasteiger partial charge < -0.3 is 8.98 Å². The first kappa shape index (κ1) is 9.21. The Bertz CT molecular complexity index is 649. The van der Waals surface area contributed by atoms with Crippen LogP contribution < -0.4 is 0 Å². The van der Waals surface area contributed by atoms with Crippen molar-refractivity contribution in [1.82, 2.24) is 9.55 Å². The molecule has 3 nitrogen and oxygen atoms in total. The molecule has 0 saturated heterocycles. The lowest BCUT2D eigenvalue weighted by Gasteiger charge is -1.93. The van der Waals surface area contributed by atoms with Crippen molar-refractivity contribution in [2.75, 3.05) is 0 Å². The zero-order valence-electron chi connectivity index (χ0n) is 9.27. The van der Waals surface area contributed by atoms with E-state index in [1.165, 1.54) is 10.9 Å². The van der Waals surface area contributed by atoms with E-state index in [2.05, 4.69) is 27.9 Å². The highest BCUT2D eigenvalue weighted by atomic mass is 16.4. The molecule has 0 spiro atoms. The molecule has 3 aromatic rings. The van der Waals surface area contributed by atoms with Gasteiger partial charge in [-0.25, -0.2) is 4.98 Å². The summed E-state index contributed by atoms with van der Waals surface area (Å²) in [6.07, 6.45) is 3.85. The van der Waals surface area contributed by atoms with E-state index in [9.17, 15) is 0 Å². The second-order valence-corrected chi connectivity index (χ2v) is 3.91. The molecule has 3 rings (SSSR count). The summed E-state index contributed by atoms with van der Waals surface area (Å²) >= 11 is 0. The summed E-state index contributed by atoms with van der Waals surface area (Å²) in [6, 6.07) is 8.28. The Morgan fingerprint density at radius 3 is 2.81 bits per heavy atom. The summed E-state index contributed by atoms with van der Waals surface area (Å²) < 4.78 is 7.67. The van der Waals surface area contributed by atoms with Crippen LogP contribution in [-0.4, -0.2) is 9.55 Å². The fourth-order valence-corrected chi connectivity index (χ4v) is 2.02. The van der Waals surface area contributed by atoms with E-state index in [1.807, 2.05) is 26.1 Å². The number of aromatic nitrogens is 2. The summed E-state index contributed by atoms with van der Waals surface area (Å²) in [7, 11) is 2.04. The molecule has 1 aromatic carbocycles. The van der Waals surface area contributed by atoms with Crippen LogP contribution in [0.3, 0.4) is 0 Å². The van der Waals surface area contributed by atoms with Gasteiger partial charge >= 0.3 is 0 Å². The van der Waals surface area contributed by atoms with Crippen LogP contribution in [0.1, 0.15) is 5.89 Å². The molecule has 0 bridgehead atoms. The fourth-order valence-electron chi connectivity index (χ4n) is 2.02. The van der Waals surface area contributed by atoms with Crippen LogP contribution in [0.2, 0.25) is 0 Å². The lowest BCUT2D eigenvalue weighted by Crippen LogP contribution is -1.81. The van der Waals surface area contributed by atoms with E-state index in [0.29, 0.717) is 5.89 Å². The van der Waals surface area contributed by atoms with Gasteiger partial charge in [-0.1, -0.05) is 18.2 Å². The van der Waals surface area contributed by atoms with Gasteiger partial charge in [-0.15, -0.1) is 0 Å². The monoisotopic (exact) mass is 212 g/mol. The van der Waals surface area contributed by atoms with Crippen LogP contribution in [-0.2, 0) is 7.05 Å². The Morgan fingerprint density at radius 1 is 1.25 bits per heavy atom. The predicted octanol–water partition coefficient (Wildman–Crippen LogP) is 3.14. The standard InChI is InChI=1S/C13H12N2O/c1-9-14-7-13(16-9)11-8-15(2)12-6-4-3-5-10(11)12/h3-8H,1-2H3. The van der Waals surface area contributed by atoms with Crippen molar-refractivity contribution in [2.24, 2.45) is 7.05 Å². The molecule has 16 heavy (non-hydrogen) atoms. The minimum absolute atomic E-state index is 0.697. The van der Waals surface area contributed by atoms with E-state index in [-0.39, 0.29) is 0 Å². The topological polar surface area (TPSA) is 31.0 Å². The molecule has 0 N–H and O–H groups in total. The SMILES string of the molecule is Cc1ncc(-c2cn(C)c3ccccc23)o1. The number of oxazole rings is 1. The van der Waals surface area contributed by atoms with Crippen molar-refractivity contribution in [3.8, 4) is 11.3 Å². The lowest BCUT2D eigenvalue weighted by molar-refractivity contribution is 0.534. The number of nitrogens with zero attached hydrogens (tertiary/aromatic N) is 2. The number of rotatable bonds is 1. The number of aryl methyl sites for hydroxylation is 2. The van der Waals surface area contributed by atoms with Crippen LogP contribution >= 0.6 is 0 Å². The van der Waals surface area contributed by atoms with Gasteiger partial charge in [0.15, 0.2) is 11.7 Å². The Labute approximate surface area is 93.3 Å². The molecule has 0 saturated carbocycles. The van der Waals surface area contributed by atoms with Crippen molar-refractivity contribution in [2.45, 2.75) is 6.92 Å². The van der Waals surface area contributed by atoms with E-state index in [0.717, 1.165) is 11.3 Å². The van der Waals surface area contributed by atoms with E-state index in [4.69, 9.17) is 4.42 Å². The molecule has 0 radical (unpaired) electrons. The molecule has 0 fully saturated rings. The minimum atomic E-state index is 0.697. The Hall–Kier alpha value is -2.03. The number of hydrogen-bond acceptors (Lipinski definition) is 2. The van der Waals surface area contributed by atoms with Gasteiger partial charge in [-0.2, -0.15) is 0 Å². The Balaban J connectivity index is 2.32. The molecule has 2 aromatic heterocycles. The molecule has 3 heteroatoms. The van der Waals surface area contributed by atoms with Crippen molar-refractivity contribution < 1.29 is 4.42 Å². The number of hydrogen-bond donors (Lipinski definition) is 0. The molecule has 2 heterocycles. The number of fused-ring (bicyclic) bond motifs is 1. The molecule has 0 aliphatic carbocycles. The summed E-state index contributed by atoms with van der Waals surface area (Å²) in [5.41, 5.74) is 2.30. The largest absolute Gasteiger partial charge is 0.441 e. The van der Waals surface area contributed by atoms with Gasteiger partial charge in [-0.05, 0) is 6.07 Å². The zero-order chi connectivity index (χ0) is 11.1. The van der Waals surface area contributed by atoms with Crippen LogP contribution in [0.4, 0.5) is 0 Å². The van der Waals surface area contributed by atoms with E-state index in [1.54, 1.807) is 6.20 Å². The molecular formula is C13H12N2O. The van der Waals surface area contributed by atoms with Gasteiger partial charge in [0.1, 0.15) is 0 Å². The van der Waals surface area contributed by atoms with Crippen molar-refractivity contribution >= 4 is 10.9 Å². The smallest absolute Gasteiger partial charge is 0.191 e. The highest BCUT2D eigenvalue weighted by Gasteiger charge is 2.11. The van der Waals surface area contributed by atoms with Gasteiger partial charge in [0.2, 0.25) is 0 Å². The number of para-hydroxylation sites is 1. The fraction of sp³-hybridized carbons (Fsp3) is 0.154. The average molecular weight is 212 g/mol. The van der Waals surface area contributed by atoms with E-state index >= 15 is 0 Å². The number of benzene rings is 1. The summed E-state index contributed by atoms with van der Waals surface area (Å²) in [4.78, 5) is 4.13. The van der Waals surface area contributed by atoms with Gasteiger partial charge in [0, 0.05) is 36.6 Å². The summed E-state index contributed by atoms with van der Waals surface area (Å²) in [6.45, 7) is 1.86. The second-order valence-electron chi connectivity index (χ2n) is 3.91. The molecule has 0 aliphatic heterocycles. The average Bonchev–Trinajstić information content (AvgIpc) is 2.84. The molecular weight excluding hydrogens is 200 g/mol. The minimum Gasteiger partial charge on any atom is -0.441 e. The first-order chi connectivity index (χ1) is 7.75. The van der Waals surface area contributed by atoms with Crippen molar-refractivity contribution in [1.29, 1.82) is 0 Å².